The molecule has 4 nitrogen and oxygen atoms in total. The van der Waals surface area contributed by atoms with Crippen molar-refractivity contribution in [3.63, 3.8) is 0 Å². The van der Waals surface area contributed by atoms with Crippen LogP contribution in [0.25, 0.3) is 11.0 Å². The molecule has 76 valence electrons. The maximum atomic E-state index is 9.67. The highest BCUT2D eigenvalue weighted by Gasteiger charge is 2.19. The number of fused-ring (bicyclic) bond motifs is 1. The minimum atomic E-state index is -0.195. The molecular formula is C10H7ClN2O2. The molecule has 0 amide bonds. The fourth-order valence-corrected chi connectivity index (χ4v) is 1.68. The van der Waals surface area contributed by atoms with Gasteiger partial charge in [-0.05, 0) is 13.8 Å². The van der Waals surface area contributed by atoms with Gasteiger partial charge in [0.15, 0.2) is 11.3 Å². The predicted octanol–water partition coefficient (Wildman–Crippen LogP) is 2.68. The first kappa shape index (κ1) is 9.81. The number of furan rings is 1. The Bertz CT molecular complexity index is 596. The number of rotatable bonds is 0. The molecule has 0 fully saturated rings. The molecule has 2 heterocycles. The lowest BCUT2D eigenvalue weighted by molar-refractivity contribution is 0.459. The zero-order chi connectivity index (χ0) is 11.2. The van der Waals surface area contributed by atoms with Crippen LogP contribution < -0.4 is 0 Å². The van der Waals surface area contributed by atoms with Gasteiger partial charge < -0.3 is 9.52 Å². The van der Waals surface area contributed by atoms with Crippen LogP contribution in [-0.2, 0) is 0 Å². The second kappa shape index (κ2) is 3.14. The monoisotopic (exact) mass is 222 g/mol. The van der Waals surface area contributed by atoms with Gasteiger partial charge in [-0.2, -0.15) is 5.26 Å². The molecule has 0 radical (unpaired) electrons. The number of halogens is 1. The molecule has 2 aromatic rings. The first-order valence-corrected chi connectivity index (χ1v) is 4.62. The van der Waals surface area contributed by atoms with Gasteiger partial charge in [-0.3, -0.25) is 4.98 Å². The molecule has 1 N–H and O–H groups in total. The van der Waals surface area contributed by atoms with Gasteiger partial charge in [-0.25, -0.2) is 0 Å². The lowest BCUT2D eigenvalue weighted by atomic mass is 10.2. The summed E-state index contributed by atoms with van der Waals surface area (Å²) in [5, 5.41) is 19.1. The molecule has 0 spiro atoms. The number of nitriles is 1. The summed E-state index contributed by atoms with van der Waals surface area (Å²) < 4.78 is 5.16. The van der Waals surface area contributed by atoms with Crippen molar-refractivity contribution in [3.8, 4) is 11.8 Å². The summed E-state index contributed by atoms with van der Waals surface area (Å²) in [4.78, 5) is 4.15. The Morgan fingerprint density at radius 1 is 1.40 bits per heavy atom. The van der Waals surface area contributed by atoms with Crippen LogP contribution in [0.2, 0.25) is 5.02 Å². The van der Waals surface area contributed by atoms with Crippen LogP contribution in [0.1, 0.15) is 17.1 Å². The van der Waals surface area contributed by atoms with Crippen LogP contribution in [0.4, 0.5) is 0 Å². The van der Waals surface area contributed by atoms with Crippen molar-refractivity contribution >= 4 is 22.6 Å². The Morgan fingerprint density at radius 2 is 2.07 bits per heavy atom. The van der Waals surface area contributed by atoms with Crippen molar-refractivity contribution in [1.29, 1.82) is 5.26 Å². The third kappa shape index (κ3) is 1.24. The minimum Gasteiger partial charge on any atom is -0.503 e. The number of pyridine rings is 1. The first-order chi connectivity index (χ1) is 7.06. The Labute approximate surface area is 90.7 Å². The molecule has 0 saturated carbocycles. The van der Waals surface area contributed by atoms with Crippen molar-refractivity contribution in [2.45, 2.75) is 13.8 Å². The summed E-state index contributed by atoms with van der Waals surface area (Å²) in [5.41, 5.74) is 1.52. The molecule has 0 aliphatic rings. The molecule has 0 aliphatic heterocycles. The molecule has 0 aromatic carbocycles. The summed E-state index contributed by atoms with van der Waals surface area (Å²) in [7, 11) is 0. The molecule has 0 bridgehead atoms. The fraction of sp³-hybridized carbons (Fsp3) is 0.200. The summed E-state index contributed by atoms with van der Waals surface area (Å²) in [6, 6.07) is 1.76. The van der Waals surface area contributed by atoms with Gasteiger partial charge in [-0.1, -0.05) is 11.6 Å². The first-order valence-electron chi connectivity index (χ1n) is 4.24. The van der Waals surface area contributed by atoms with Gasteiger partial charge in [0.2, 0.25) is 5.76 Å². The number of hydrogen-bond acceptors (Lipinski definition) is 4. The molecule has 0 aliphatic carbocycles. The third-order valence-corrected chi connectivity index (χ3v) is 2.64. The highest BCUT2D eigenvalue weighted by atomic mass is 35.5. The maximum absolute atomic E-state index is 9.67. The second-order valence-corrected chi connectivity index (χ2v) is 3.57. The Kier molecular flexibility index (Phi) is 2.06. The average molecular weight is 223 g/mol. The molecular weight excluding hydrogens is 216 g/mol. The summed E-state index contributed by atoms with van der Waals surface area (Å²) in [5.74, 6) is -0.332. The Balaban J connectivity index is 3.02. The molecule has 0 atom stereocenters. The van der Waals surface area contributed by atoms with E-state index < -0.39 is 0 Å². The van der Waals surface area contributed by atoms with Crippen molar-refractivity contribution in [1.82, 2.24) is 4.98 Å². The van der Waals surface area contributed by atoms with Crippen molar-refractivity contribution in [3.05, 3.63) is 22.2 Å². The van der Waals surface area contributed by atoms with E-state index in [1.165, 1.54) is 0 Å². The van der Waals surface area contributed by atoms with E-state index in [4.69, 9.17) is 21.3 Å². The normalized spacial score (nSPS) is 10.5. The topological polar surface area (TPSA) is 70.1 Å². The molecule has 0 saturated heterocycles. The molecule has 0 unspecified atom stereocenters. The minimum absolute atomic E-state index is 0.137. The van der Waals surface area contributed by atoms with Gasteiger partial charge in [0, 0.05) is 0 Å². The number of nitrogens with zero attached hydrogens (tertiary/aromatic N) is 2. The van der Waals surface area contributed by atoms with Gasteiger partial charge in [0.1, 0.15) is 11.1 Å². The van der Waals surface area contributed by atoms with E-state index in [1.807, 2.05) is 0 Å². The van der Waals surface area contributed by atoms with Gasteiger partial charge in [0.05, 0.1) is 16.8 Å². The quantitative estimate of drug-likeness (QED) is 0.744. The van der Waals surface area contributed by atoms with E-state index in [2.05, 4.69) is 4.98 Å². The van der Waals surface area contributed by atoms with Crippen LogP contribution in [0.3, 0.4) is 0 Å². The molecule has 2 aromatic heterocycles. The maximum Gasteiger partial charge on any atom is 0.246 e. The highest BCUT2D eigenvalue weighted by molar-refractivity contribution is 6.35. The van der Waals surface area contributed by atoms with Gasteiger partial charge >= 0.3 is 0 Å². The smallest absolute Gasteiger partial charge is 0.246 e. The van der Waals surface area contributed by atoms with Crippen LogP contribution in [0.15, 0.2) is 4.42 Å². The highest BCUT2D eigenvalue weighted by Crippen LogP contribution is 2.37. The standard InChI is InChI=1S/C10H7ClN2O2/c1-4-7-9(14)6(3-12)15-10(7)8(11)5(2)13-4/h14H,1-2H3. The largest absolute Gasteiger partial charge is 0.503 e. The van der Waals surface area contributed by atoms with Crippen molar-refractivity contribution < 1.29 is 9.52 Å². The van der Waals surface area contributed by atoms with Crippen LogP contribution >= 0.6 is 11.6 Å². The Morgan fingerprint density at radius 3 is 2.67 bits per heavy atom. The van der Waals surface area contributed by atoms with Crippen LogP contribution in [0.5, 0.6) is 5.75 Å². The predicted molar refractivity (Wildman–Crippen MR) is 54.9 cm³/mol. The molecule has 2 rings (SSSR count). The van der Waals surface area contributed by atoms with E-state index in [0.717, 1.165) is 0 Å². The average Bonchev–Trinajstić information content (AvgIpc) is 2.53. The molecule has 5 heteroatoms. The van der Waals surface area contributed by atoms with E-state index in [-0.39, 0.29) is 11.5 Å². The van der Waals surface area contributed by atoms with Crippen LogP contribution in [0, 0.1) is 25.2 Å². The fourth-order valence-electron chi connectivity index (χ4n) is 1.51. The van der Waals surface area contributed by atoms with Gasteiger partial charge in [-0.15, -0.1) is 0 Å². The number of hydrogen-bond donors (Lipinski definition) is 1. The zero-order valence-corrected chi connectivity index (χ0v) is 8.88. The van der Waals surface area contributed by atoms with Crippen molar-refractivity contribution in [2.24, 2.45) is 0 Å². The summed E-state index contributed by atoms with van der Waals surface area (Å²) in [6.45, 7) is 3.46. The summed E-state index contributed by atoms with van der Waals surface area (Å²) in [6.07, 6.45) is 0. The van der Waals surface area contributed by atoms with Crippen LogP contribution in [-0.4, -0.2) is 10.1 Å². The van der Waals surface area contributed by atoms with Crippen molar-refractivity contribution in [2.75, 3.05) is 0 Å². The van der Waals surface area contributed by atoms with E-state index >= 15 is 0 Å². The number of aromatic hydroxyl groups is 1. The molecule has 15 heavy (non-hydrogen) atoms. The van der Waals surface area contributed by atoms with Gasteiger partial charge in [0.25, 0.3) is 0 Å². The Hall–Kier alpha value is -1.73. The van der Waals surface area contributed by atoms with E-state index in [0.29, 0.717) is 27.4 Å². The zero-order valence-electron chi connectivity index (χ0n) is 8.13. The second-order valence-electron chi connectivity index (χ2n) is 3.19. The number of aromatic nitrogens is 1. The SMILES string of the molecule is Cc1nc(C)c2c(O)c(C#N)oc2c1Cl. The lowest BCUT2D eigenvalue weighted by Crippen LogP contribution is -1.87. The van der Waals surface area contributed by atoms with E-state index in [9.17, 15) is 5.11 Å². The van der Waals surface area contributed by atoms with E-state index in [1.54, 1.807) is 19.9 Å². The number of aryl methyl sites for hydroxylation is 2. The lowest BCUT2D eigenvalue weighted by Gasteiger charge is -2.00. The third-order valence-electron chi connectivity index (χ3n) is 2.20. The summed E-state index contributed by atoms with van der Waals surface area (Å²) >= 11 is 5.96.